The molecule has 3 rings (SSSR count). The average Bonchev–Trinajstić information content (AvgIpc) is 3.29. The third kappa shape index (κ3) is 3.75. The van der Waals surface area contributed by atoms with Gasteiger partial charge in [0.1, 0.15) is 17.5 Å². The predicted molar refractivity (Wildman–Crippen MR) is 91.2 cm³/mol. The fourth-order valence-electron chi connectivity index (χ4n) is 2.52. The molecule has 4 heteroatoms. The fraction of sp³-hybridized carbons (Fsp3) is 0.444. The number of aromatic nitrogens is 2. The minimum Gasteiger partial charge on any atom is -0.367 e. The summed E-state index contributed by atoms with van der Waals surface area (Å²) in [6.07, 6.45) is 2.49. The Hall–Kier alpha value is -2.10. The van der Waals surface area contributed by atoms with E-state index in [-0.39, 0.29) is 0 Å². The predicted octanol–water partition coefficient (Wildman–Crippen LogP) is 3.77. The summed E-state index contributed by atoms with van der Waals surface area (Å²) in [6.45, 7) is 7.23. The minimum absolute atomic E-state index is 0.378. The summed E-state index contributed by atoms with van der Waals surface area (Å²) in [5.74, 6) is 2.76. The zero-order valence-electron chi connectivity index (χ0n) is 13.6. The quantitative estimate of drug-likeness (QED) is 0.881. The van der Waals surface area contributed by atoms with Crippen molar-refractivity contribution in [1.82, 2.24) is 9.97 Å². The van der Waals surface area contributed by atoms with Gasteiger partial charge in [-0.15, -0.1) is 0 Å². The van der Waals surface area contributed by atoms with Gasteiger partial charge in [0.25, 0.3) is 0 Å². The van der Waals surface area contributed by atoms with Crippen LogP contribution in [0.3, 0.4) is 0 Å². The highest BCUT2D eigenvalue weighted by Gasteiger charge is 2.22. The maximum absolute atomic E-state index is 4.65. The molecule has 1 aliphatic rings. The lowest BCUT2D eigenvalue weighted by Crippen LogP contribution is -2.31. The summed E-state index contributed by atoms with van der Waals surface area (Å²) in [6, 6.07) is 13.6. The standard InChI is InChI=1S/C18H24N4/c1-13(2)22(12-15-7-5-4-6-8-15)18-11-17(19-14(3)20-18)21-16-9-10-16/h4-8,11,13,16H,9-10,12H2,1-3H3,(H,19,20,21). The molecule has 0 bridgehead atoms. The highest BCUT2D eigenvalue weighted by atomic mass is 15.2. The van der Waals surface area contributed by atoms with E-state index in [1.807, 2.05) is 6.92 Å². The van der Waals surface area contributed by atoms with Crippen LogP contribution in [0.4, 0.5) is 11.6 Å². The Morgan fingerprint density at radius 1 is 1.18 bits per heavy atom. The molecule has 0 atom stereocenters. The number of benzene rings is 1. The van der Waals surface area contributed by atoms with Gasteiger partial charge in [0.15, 0.2) is 0 Å². The lowest BCUT2D eigenvalue weighted by atomic mass is 10.2. The van der Waals surface area contributed by atoms with Gasteiger partial charge in [-0.25, -0.2) is 9.97 Å². The van der Waals surface area contributed by atoms with E-state index >= 15 is 0 Å². The molecular formula is C18H24N4. The van der Waals surface area contributed by atoms with Crippen LogP contribution in [0.25, 0.3) is 0 Å². The SMILES string of the molecule is Cc1nc(NC2CC2)cc(N(Cc2ccccc2)C(C)C)n1. The molecule has 1 saturated carbocycles. The van der Waals surface area contributed by atoms with E-state index in [0.29, 0.717) is 12.1 Å². The molecule has 0 radical (unpaired) electrons. The maximum atomic E-state index is 4.65. The van der Waals surface area contributed by atoms with Gasteiger partial charge in [-0.3, -0.25) is 0 Å². The van der Waals surface area contributed by atoms with Crippen LogP contribution >= 0.6 is 0 Å². The van der Waals surface area contributed by atoms with Crippen molar-refractivity contribution in [1.29, 1.82) is 0 Å². The molecule has 1 fully saturated rings. The zero-order chi connectivity index (χ0) is 15.5. The van der Waals surface area contributed by atoms with Crippen LogP contribution in [0.15, 0.2) is 36.4 Å². The molecule has 1 aromatic heterocycles. The normalized spacial score (nSPS) is 14.2. The van der Waals surface area contributed by atoms with Crippen LogP contribution in [0.1, 0.15) is 38.1 Å². The fourth-order valence-corrected chi connectivity index (χ4v) is 2.52. The molecule has 1 aliphatic carbocycles. The molecule has 0 unspecified atom stereocenters. The molecule has 0 amide bonds. The molecule has 1 aromatic carbocycles. The third-order valence-corrected chi connectivity index (χ3v) is 3.87. The van der Waals surface area contributed by atoms with Gasteiger partial charge in [0, 0.05) is 24.7 Å². The summed E-state index contributed by atoms with van der Waals surface area (Å²) in [5.41, 5.74) is 1.30. The monoisotopic (exact) mass is 296 g/mol. The molecule has 116 valence electrons. The number of rotatable bonds is 6. The minimum atomic E-state index is 0.378. The molecule has 4 nitrogen and oxygen atoms in total. The first-order valence-electron chi connectivity index (χ1n) is 8.04. The van der Waals surface area contributed by atoms with Gasteiger partial charge in [-0.2, -0.15) is 0 Å². The number of hydrogen-bond acceptors (Lipinski definition) is 4. The second-order valence-electron chi connectivity index (χ2n) is 6.28. The van der Waals surface area contributed by atoms with E-state index in [2.05, 4.69) is 70.4 Å². The van der Waals surface area contributed by atoms with Crippen molar-refractivity contribution in [3.05, 3.63) is 47.8 Å². The van der Waals surface area contributed by atoms with Gasteiger partial charge in [0.05, 0.1) is 0 Å². The van der Waals surface area contributed by atoms with E-state index < -0.39 is 0 Å². The van der Waals surface area contributed by atoms with Crippen molar-refractivity contribution in [2.45, 2.75) is 52.2 Å². The van der Waals surface area contributed by atoms with Crippen molar-refractivity contribution in [3.8, 4) is 0 Å². The van der Waals surface area contributed by atoms with Crippen LogP contribution < -0.4 is 10.2 Å². The number of hydrogen-bond donors (Lipinski definition) is 1. The van der Waals surface area contributed by atoms with Gasteiger partial charge in [0.2, 0.25) is 0 Å². The zero-order valence-corrected chi connectivity index (χ0v) is 13.6. The molecule has 2 aromatic rings. The maximum Gasteiger partial charge on any atom is 0.134 e. The molecule has 22 heavy (non-hydrogen) atoms. The first kappa shape index (κ1) is 14.8. The molecular weight excluding hydrogens is 272 g/mol. The number of nitrogens with one attached hydrogen (secondary N) is 1. The summed E-state index contributed by atoms with van der Waals surface area (Å²) in [7, 11) is 0. The molecule has 0 spiro atoms. The summed E-state index contributed by atoms with van der Waals surface area (Å²) in [5, 5.41) is 3.48. The van der Waals surface area contributed by atoms with Crippen molar-refractivity contribution in [3.63, 3.8) is 0 Å². The Labute approximate surface area is 132 Å². The lowest BCUT2D eigenvalue weighted by molar-refractivity contribution is 0.669. The van der Waals surface area contributed by atoms with Crippen LogP contribution in [0, 0.1) is 6.92 Å². The highest BCUT2D eigenvalue weighted by molar-refractivity contribution is 5.51. The van der Waals surface area contributed by atoms with Crippen molar-refractivity contribution >= 4 is 11.6 Å². The van der Waals surface area contributed by atoms with E-state index in [1.54, 1.807) is 0 Å². The largest absolute Gasteiger partial charge is 0.367 e. The third-order valence-electron chi connectivity index (χ3n) is 3.87. The van der Waals surface area contributed by atoms with Gasteiger partial charge >= 0.3 is 0 Å². The average molecular weight is 296 g/mol. The summed E-state index contributed by atoms with van der Waals surface area (Å²) < 4.78 is 0. The topological polar surface area (TPSA) is 41.1 Å². The van der Waals surface area contributed by atoms with Crippen LogP contribution in [0.2, 0.25) is 0 Å². The molecule has 1 heterocycles. The first-order valence-corrected chi connectivity index (χ1v) is 8.04. The van der Waals surface area contributed by atoms with Gasteiger partial charge < -0.3 is 10.2 Å². The Balaban J connectivity index is 1.85. The highest BCUT2D eigenvalue weighted by Crippen LogP contribution is 2.26. The first-order chi connectivity index (χ1) is 10.6. The Morgan fingerprint density at radius 2 is 1.91 bits per heavy atom. The van der Waals surface area contributed by atoms with Gasteiger partial charge in [-0.1, -0.05) is 30.3 Å². The smallest absolute Gasteiger partial charge is 0.134 e. The second-order valence-corrected chi connectivity index (χ2v) is 6.28. The van der Waals surface area contributed by atoms with E-state index in [1.165, 1.54) is 18.4 Å². The van der Waals surface area contributed by atoms with E-state index in [9.17, 15) is 0 Å². The van der Waals surface area contributed by atoms with E-state index in [4.69, 9.17) is 0 Å². The van der Waals surface area contributed by atoms with E-state index in [0.717, 1.165) is 24.0 Å². The molecule has 1 N–H and O–H groups in total. The number of anilines is 2. The van der Waals surface area contributed by atoms with Crippen LogP contribution in [-0.2, 0) is 6.54 Å². The van der Waals surface area contributed by atoms with Crippen LogP contribution in [-0.4, -0.2) is 22.1 Å². The Morgan fingerprint density at radius 3 is 2.55 bits per heavy atom. The number of nitrogens with zero attached hydrogens (tertiary/aromatic N) is 3. The summed E-state index contributed by atoms with van der Waals surface area (Å²) >= 11 is 0. The number of aryl methyl sites for hydroxylation is 1. The van der Waals surface area contributed by atoms with Crippen LogP contribution in [0.5, 0.6) is 0 Å². The summed E-state index contributed by atoms with van der Waals surface area (Å²) in [4.78, 5) is 11.5. The van der Waals surface area contributed by atoms with Gasteiger partial charge in [-0.05, 0) is 39.2 Å². The Kier molecular flexibility index (Phi) is 4.27. The molecule has 0 aliphatic heterocycles. The Bertz CT molecular complexity index is 620. The van der Waals surface area contributed by atoms with Crippen molar-refractivity contribution in [2.24, 2.45) is 0 Å². The van der Waals surface area contributed by atoms with Crippen molar-refractivity contribution in [2.75, 3.05) is 10.2 Å². The molecule has 0 saturated heterocycles. The van der Waals surface area contributed by atoms with Crippen molar-refractivity contribution < 1.29 is 0 Å². The lowest BCUT2D eigenvalue weighted by Gasteiger charge is -2.28. The second kappa shape index (κ2) is 6.34.